The van der Waals surface area contributed by atoms with E-state index in [0.717, 1.165) is 6.42 Å². The number of carbonyl (C=O) groups is 1. The van der Waals surface area contributed by atoms with E-state index >= 15 is 0 Å². The average Bonchev–Trinajstić information content (AvgIpc) is 2.11. The maximum Gasteiger partial charge on any atom is 0.335 e. The molecule has 0 aromatic heterocycles. The molecule has 0 unspecified atom stereocenters. The van der Waals surface area contributed by atoms with E-state index in [2.05, 4.69) is 0 Å². The van der Waals surface area contributed by atoms with Gasteiger partial charge in [0.1, 0.15) is 0 Å². The minimum atomic E-state index is -0.360. The lowest BCUT2D eigenvalue weighted by Gasteiger charge is -2.10. The topological polar surface area (TPSA) is 50.1 Å². The van der Waals surface area contributed by atoms with Gasteiger partial charge in [0.2, 0.25) is 0 Å². The Bertz CT molecular complexity index is 272. The highest BCUT2D eigenvalue weighted by Gasteiger charge is 2.14. The fourth-order valence-corrected chi connectivity index (χ4v) is 1.05. The molecule has 0 atom stereocenters. The third-order valence-electron chi connectivity index (χ3n) is 1.71. The molecule has 0 spiro atoms. The SMILES string of the molecule is CCC/C(C(=O)OC(C)C)=C(/C)C#N. The summed E-state index contributed by atoms with van der Waals surface area (Å²) in [5.74, 6) is -0.360. The van der Waals surface area contributed by atoms with Crippen molar-refractivity contribution in [3.8, 4) is 6.07 Å². The first-order valence-electron chi connectivity index (χ1n) is 4.83. The van der Waals surface area contributed by atoms with Crippen molar-refractivity contribution < 1.29 is 9.53 Å². The van der Waals surface area contributed by atoms with E-state index in [9.17, 15) is 4.79 Å². The van der Waals surface area contributed by atoms with Gasteiger partial charge in [0, 0.05) is 5.57 Å². The van der Waals surface area contributed by atoms with Crippen LogP contribution in [0.25, 0.3) is 0 Å². The van der Waals surface area contributed by atoms with Crippen LogP contribution in [0, 0.1) is 11.3 Å². The quantitative estimate of drug-likeness (QED) is 0.393. The predicted molar refractivity (Wildman–Crippen MR) is 54.4 cm³/mol. The third-order valence-corrected chi connectivity index (χ3v) is 1.71. The molecule has 0 aliphatic carbocycles. The fraction of sp³-hybridized carbons (Fsp3) is 0.636. The summed E-state index contributed by atoms with van der Waals surface area (Å²) < 4.78 is 5.04. The Morgan fingerprint density at radius 3 is 2.43 bits per heavy atom. The molecule has 0 bridgehead atoms. The van der Waals surface area contributed by atoms with Crippen LogP contribution in [-0.4, -0.2) is 12.1 Å². The van der Waals surface area contributed by atoms with Crippen molar-refractivity contribution in [2.75, 3.05) is 0 Å². The molecule has 0 aromatic carbocycles. The second-order valence-electron chi connectivity index (χ2n) is 3.42. The summed E-state index contributed by atoms with van der Waals surface area (Å²) in [4.78, 5) is 11.5. The number of nitriles is 1. The molecule has 0 saturated carbocycles. The standard InChI is InChI=1S/C11H17NO2/c1-5-6-10(9(4)7-12)11(13)14-8(2)3/h8H,5-6H2,1-4H3/b10-9+. The Labute approximate surface area is 85.4 Å². The summed E-state index contributed by atoms with van der Waals surface area (Å²) in [7, 11) is 0. The third kappa shape index (κ3) is 4.08. The highest BCUT2D eigenvalue weighted by molar-refractivity contribution is 5.90. The average molecular weight is 195 g/mol. The maximum absolute atomic E-state index is 11.5. The van der Waals surface area contributed by atoms with Gasteiger partial charge in [-0.1, -0.05) is 13.3 Å². The number of carbonyl (C=O) groups excluding carboxylic acids is 1. The minimum absolute atomic E-state index is 0.138. The summed E-state index contributed by atoms with van der Waals surface area (Å²) >= 11 is 0. The van der Waals surface area contributed by atoms with Crippen molar-refractivity contribution in [1.82, 2.24) is 0 Å². The number of esters is 1. The van der Waals surface area contributed by atoms with Crippen molar-refractivity contribution >= 4 is 5.97 Å². The van der Waals surface area contributed by atoms with E-state index in [4.69, 9.17) is 10.00 Å². The van der Waals surface area contributed by atoms with Gasteiger partial charge in [0.25, 0.3) is 0 Å². The zero-order valence-electron chi connectivity index (χ0n) is 9.26. The highest BCUT2D eigenvalue weighted by atomic mass is 16.5. The van der Waals surface area contributed by atoms with Crippen LogP contribution in [0.15, 0.2) is 11.1 Å². The molecule has 0 aliphatic rings. The van der Waals surface area contributed by atoms with Crippen LogP contribution < -0.4 is 0 Å². The zero-order valence-corrected chi connectivity index (χ0v) is 9.26. The normalized spacial score (nSPS) is 12.0. The molecular weight excluding hydrogens is 178 g/mol. The number of hydrogen-bond acceptors (Lipinski definition) is 3. The molecule has 0 N–H and O–H groups in total. The lowest BCUT2D eigenvalue weighted by atomic mass is 10.1. The van der Waals surface area contributed by atoms with E-state index in [1.807, 2.05) is 13.0 Å². The first kappa shape index (κ1) is 12.7. The molecule has 0 amide bonds. The van der Waals surface area contributed by atoms with Crippen molar-refractivity contribution in [2.24, 2.45) is 0 Å². The molecule has 3 nitrogen and oxygen atoms in total. The summed E-state index contributed by atoms with van der Waals surface area (Å²) in [5, 5.41) is 8.70. The first-order chi connectivity index (χ1) is 6.52. The molecule has 3 heteroatoms. The highest BCUT2D eigenvalue weighted by Crippen LogP contribution is 2.13. The van der Waals surface area contributed by atoms with Gasteiger partial charge < -0.3 is 4.74 Å². The second-order valence-corrected chi connectivity index (χ2v) is 3.42. The largest absolute Gasteiger partial charge is 0.460 e. The van der Waals surface area contributed by atoms with E-state index in [0.29, 0.717) is 17.6 Å². The second kappa shape index (κ2) is 6.20. The Balaban J connectivity index is 4.69. The molecular formula is C11H17NO2. The number of allylic oxidation sites excluding steroid dienone is 1. The van der Waals surface area contributed by atoms with Crippen molar-refractivity contribution in [2.45, 2.75) is 46.6 Å². The van der Waals surface area contributed by atoms with E-state index in [1.54, 1.807) is 20.8 Å². The molecule has 0 radical (unpaired) electrons. The Kier molecular flexibility index (Phi) is 5.62. The maximum atomic E-state index is 11.5. The van der Waals surface area contributed by atoms with Crippen LogP contribution in [0.1, 0.15) is 40.5 Å². The Morgan fingerprint density at radius 2 is 2.07 bits per heavy atom. The summed E-state index contributed by atoms with van der Waals surface area (Å²) in [5.41, 5.74) is 0.959. The number of hydrogen-bond donors (Lipinski definition) is 0. The van der Waals surface area contributed by atoms with Gasteiger partial charge in [-0.2, -0.15) is 5.26 Å². The Hall–Kier alpha value is -1.30. The molecule has 0 rings (SSSR count). The van der Waals surface area contributed by atoms with Crippen molar-refractivity contribution in [3.63, 3.8) is 0 Å². The number of ether oxygens (including phenoxy) is 1. The predicted octanol–water partition coefficient (Wildman–Crippen LogP) is 2.58. The van der Waals surface area contributed by atoms with E-state index in [-0.39, 0.29) is 12.1 Å². The van der Waals surface area contributed by atoms with Gasteiger partial charge in [-0.05, 0) is 27.2 Å². The summed E-state index contributed by atoms with van der Waals surface area (Å²) in [6, 6.07) is 1.98. The summed E-state index contributed by atoms with van der Waals surface area (Å²) in [6.07, 6.45) is 1.30. The summed E-state index contributed by atoms with van der Waals surface area (Å²) in [6.45, 7) is 7.20. The molecule has 14 heavy (non-hydrogen) atoms. The van der Waals surface area contributed by atoms with E-state index < -0.39 is 0 Å². The van der Waals surface area contributed by atoms with Crippen LogP contribution in [0.2, 0.25) is 0 Å². The molecule has 0 saturated heterocycles. The van der Waals surface area contributed by atoms with Crippen LogP contribution in [-0.2, 0) is 9.53 Å². The smallest absolute Gasteiger partial charge is 0.335 e. The van der Waals surface area contributed by atoms with E-state index in [1.165, 1.54) is 0 Å². The molecule has 0 heterocycles. The molecule has 0 aromatic rings. The molecule has 0 fully saturated rings. The van der Waals surface area contributed by atoms with Gasteiger partial charge in [0.05, 0.1) is 17.7 Å². The minimum Gasteiger partial charge on any atom is -0.460 e. The zero-order chi connectivity index (χ0) is 11.1. The van der Waals surface area contributed by atoms with Gasteiger partial charge >= 0.3 is 5.97 Å². The van der Waals surface area contributed by atoms with Crippen molar-refractivity contribution in [1.29, 1.82) is 5.26 Å². The Morgan fingerprint density at radius 1 is 1.50 bits per heavy atom. The van der Waals surface area contributed by atoms with Gasteiger partial charge in [0.15, 0.2) is 0 Å². The van der Waals surface area contributed by atoms with Crippen LogP contribution in [0.4, 0.5) is 0 Å². The first-order valence-corrected chi connectivity index (χ1v) is 4.83. The monoisotopic (exact) mass is 195 g/mol. The van der Waals surface area contributed by atoms with Gasteiger partial charge in [-0.3, -0.25) is 0 Å². The van der Waals surface area contributed by atoms with Gasteiger partial charge in [-0.25, -0.2) is 4.79 Å². The fourth-order valence-electron chi connectivity index (χ4n) is 1.05. The number of rotatable bonds is 4. The van der Waals surface area contributed by atoms with Crippen LogP contribution >= 0.6 is 0 Å². The molecule has 78 valence electrons. The van der Waals surface area contributed by atoms with Gasteiger partial charge in [-0.15, -0.1) is 0 Å². The lowest BCUT2D eigenvalue weighted by molar-refractivity contribution is -0.142. The van der Waals surface area contributed by atoms with Crippen LogP contribution in [0.5, 0.6) is 0 Å². The van der Waals surface area contributed by atoms with Crippen molar-refractivity contribution in [3.05, 3.63) is 11.1 Å². The number of nitrogens with zero attached hydrogens (tertiary/aromatic N) is 1. The lowest BCUT2D eigenvalue weighted by Crippen LogP contribution is -2.14. The molecule has 0 aliphatic heterocycles. The van der Waals surface area contributed by atoms with Crippen LogP contribution in [0.3, 0.4) is 0 Å².